The molecule has 0 spiro atoms. The molecule has 2 aliphatic rings. The number of nitrogens with zero attached hydrogens (tertiary/aromatic N) is 1. The summed E-state index contributed by atoms with van der Waals surface area (Å²) in [6.07, 6.45) is 10.7. The molecule has 1 heteroatoms. The molecule has 0 bridgehead atoms. The minimum absolute atomic E-state index is 0.975. The van der Waals surface area contributed by atoms with E-state index in [0.29, 0.717) is 0 Å². The zero-order chi connectivity index (χ0) is 19.6. The van der Waals surface area contributed by atoms with E-state index in [-0.39, 0.29) is 0 Å². The van der Waals surface area contributed by atoms with Gasteiger partial charge in [-0.05, 0) is 60.1 Å². The Bertz CT molecular complexity index is 1130. The predicted octanol–water partition coefficient (Wildman–Crippen LogP) is 7.05. The number of aromatic nitrogens is 1. The van der Waals surface area contributed by atoms with Crippen molar-refractivity contribution in [3.05, 3.63) is 113 Å². The molecule has 142 valence electrons. The molecule has 0 radical (unpaired) electrons. The topological polar surface area (TPSA) is 12.9 Å². The molecule has 0 atom stereocenters. The van der Waals surface area contributed by atoms with Crippen LogP contribution in [0.2, 0.25) is 0 Å². The van der Waals surface area contributed by atoms with Crippen LogP contribution in [0.1, 0.15) is 42.3 Å². The maximum absolute atomic E-state index is 5.13. The third-order valence-corrected chi connectivity index (χ3v) is 6.12. The van der Waals surface area contributed by atoms with E-state index in [1.807, 2.05) is 0 Å². The van der Waals surface area contributed by atoms with Crippen LogP contribution >= 0.6 is 0 Å². The van der Waals surface area contributed by atoms with Crippen LogP contribution in [0.3, 0.4) is 0 Å². The van der Waals surface area contributed by atoms with Crippen molar-refractivity contribution >= 4 is 11.1 Å². The Balaban J connectivity index is 1.54. The Morgan fingerprint density at radius 1 is 0.897 bits per heavy atom. The summed E-state index contributed by atoms with van der Waals surface area (Å²) < 4.78 is 0. The molecule has 0 unspecified atom stereocenters. The molecule has 2 aromatic carbocycles. The minimum Gasteiger partial charge on any atom is -0.252 e. The molecule has 0 amide bonds. The number of pyridine rings is 1. The molecule has 1 nitrogen and oxygen atoms in total. The average molecular weight is 376 g/mol. The molecule has 0 fully saturated rings. The highest BCUT2D eigenvalue weighted by Crippen LogP contribution is 2.41. The van der Waals surface area contributed by atoms with Gasteiger partial charge in [-0.1, -0.05) is 84.5 Å². The molecule has 5 rings (SSSR count). The van der Waals surface area contributed by atoms with E-state index in [2.05, 4.69) is 91.9 Å². The molecule has 0 saturated heterocycles. The average Bonchev–Trinajstić information content (AvgIpc) is 3.42. The van der Waals surface area contributed by atoms with E-state index in [4.69, 9.17) is 4.98 Å². The van der Waals surface area contributed by atoms with Gasteiger partial charge < -0.3 is 0 Å². The van der Waals surface area contributed by atoms with Gasteiger partial charge in [0.1, 0.15) is 0 Å². The van der Waals surface area contributed by atoms with E-state index >= 15 is 0 Å². The Kier molecular flexibility index (Phi) is 4.73. The van der Waals surface area contributed by atoms with Crippen LogP contribution in [0.15, 0.2) is 90.5 Å². The van der Waals surface area contributed by atoms with Crippen molar-refractivity contribution in [2.24, 2.45) is 0 Å². The lowest BCUT2D eigenvalue weighted by Crippen LogP contribution is -1.99. The first-order chi connectivity index (χ1) is 14.3. The molecular weight excluding hydrogens is 350 g/mol. The van der Waals surface area contributed by atoms with Crippen molar-refractivity contribution in [3.8, 4) is 11.1 Å². The zero-order valence-electron chi connectivity index (χ0n) is 16.9. The molecule has 0 saturated carbocycles. The Labute approximate surface area is 173 Å². The van der Waals surface area contributed by atoms with Crippen LogP contribution in [0.5, 0.6) is 0 Å². The van der Waals surface area contributed by atoms with Gasteiger partial charge in [-0.15, -0.1) is 0 Å². The van der Waals surface area contributed by atoms with Crippen molar-refractivity contribution < 1.29 is 0 Å². The van der Waals surface area contributed by atoms with Crippen LogP contribution in [-0.4, -0.2) is 4.98 Å². The van der Waals surface area contributed by atoms with Gasteiger partial charge in [-0.3, -0.25) is 4.98 Å². The van der Waals surface area contributed by atoms with Crippen molar-refractivity contribution in [1.82, 2.24) is 4.98 Å². The van der Waals surface area contributed by atoms with Gasteiger partial charge in [0.2, 0.25) is 0 Å². The number of benzene rings is 2. The van der Waals surface area contributed by atoms with E-state index in [0.717, 1.165) is 31.4 Å². The van der Waals surface area contributed by atoms with Gasteiger partial charge in [0, 0.05) is 12.0 Å². The molecule has 0 aliphatic heterocycles. The number of aryl methyl sites for hydroxylation is 1. The minimum atomic E-state index is 0.975. The number of allylic oxidation sites excluding steroid dienone is 6. The van der Waals surface area contributed by atoms with Crippen LogP contribution in [0.25, 0.3) is 22.3 Å². The standard InChI is InChI=1S/C28H25N/c1-20-24(17-16-21-10-4-2-5-11-21)18-27-28(20)25(22-12-6-3-7-13-22)19-26(29-27)23-14-8-9-15-23/h2-14,19H,15-18H2,1H3. The van der Waals surface area contributed by atoms with Gasteiger partial charge in [0.05, 0.1) is 11.4 Å². The Hall–Kier alpha value is -3.19. The van der Waals surface area contributed by atoms with Gasteiger partial charge in [-0.25, -0.2) is 0 Å². The van der Waals surface area contributed by atoms with Crippen LogP contribution in [0.4, 0.5) is 0 Å². The fraction of sp³-hybridized carbons (Fsp3) is 0.179. The molecule has 29 heavy (non-hydrogen) atoms. The maximum Gasteiger partial charge on any atom is 0.0674 e. The first-order valence-electron chi connectivity index (χ1n) is 10.5. The SMILES string of the molecule is CC1=C(CCc2ccccc2)Cc2nc(C3=CC=CC3)cc(-c3ccccc3)c21. The fourth-order valence-electron chi connectivity index (χ4n) is 4.52. The quantitative estimate of drug-likeness (QED) is 0.465. The largest absolute Gasteiger partial charge is 0.252 e. The van der Waals surface area contributed by atoms with Gasteiger partial charge in [0.15, 0.2) is 0 Å². The highest BCUT2D eigenvalue weighted by atomic mass is 14.7. The Morgan fingerprint density at radius 2 is 1.66 bits per heavy atom. The molecule has 3 aromatic rings. The van der Waals surface area contributed by atoms with Crippen LogP contribution < -0.4 is 0 Å². The van der Waals surface area contributed by atoms with Crippen LogP contribution in [-0.2, 0) is 12.8 Å². The predicted molar refractivity (Wildman–Crippen MR) is 122 cm³/mol. The van der Waals surface area contributed by atoms with Crippen molar-refractivity contribution in [3.63, 3.8) is 0 Å². The number of rotatable bonds is 5. The second-order valence-corrected chi connectivity index (χ2v) is 7.96. The molecule has 2 aliphatic carbocycles. The van der Waals surface area contributed by atoms with E-state index in [1.54, 1.807) is 0 Å². The second-order valence-electron chi connectivity index (χ2n) is 7.96. The van der Waals surface area contributed by atoms with E-state index in [1.165, 1.54) is 44.7 Å². The first-order valence-corrected chi connectivity index (χ1v) is 10.5. The van der Waals surface area contributed by atoms with E-state index < -0.39 is 0 Å². The number of fused-ring (bicyclic) bond motifs is 1. The fourth-order valence-corrected chi connectivity index (χ4v) is 4.52. The summed E-state index contributed by atoms with van der Waals surface area (Å²) in [5.41, 5.74) is 12.0. The lowest BCUT2D eigenvalue weighted by atomic mass is 9.94. The highest BCUT2D eigenvalue weighted by molar-refractivity contribution is 5.88. The smallest absolute Gasteiger partial charge is 0.0674 e. The first kappa shape index (κ1) is 17.9. The molecular formula is C28H25N. The summed E-state index contributed by atoms with van der Waals surface area (Å²) >= 11 is 0. The second kappa shape index (κ2) is 7.67. The highest BCUT2D eigenvalue weighted by Gasteiger charge is 2.25. The molecule has 1 heterocycles. The maximum atomic E-state index is 5.13. The lowest BCUT2D eigenvalue weighted by Gasteiger charge is -2.13. The third-order valence-electron chi connectivity index (χ3n) is 6.12. The van der Waals surface area contributed by atoms with E-state index in [9.17, 15) is 0 Å². The summed E-state index contributed by atoms with van der Waals surface area (Å²) in [6, 6.07) is 23.9. The summed E-state index contributed by atoms with van der Waals surface area (Å²) in [4.78, 5) is 5.13. The van der Waals surface area contributed by atoms with Crippen molar-refractivity contribution in [1.29, 1.82) is 0 Å². The lowest BCUT2D eigenvalue weighted by molar-refractivity contribution is 0.901. The van der Waals surface area contributed by atoms with Crippen molar-refractivity contribution in [2.75, 3.05) is 0 Å². The zero-order valence-corrected chi connectivity index (χ0v) is 16.9. The van der Waals surface area contributed by atoms with Gasteiger partial charge in [-0.2, -0.15) is 0 Å². The van der Waals surface area contributed by atoms with Gasteiger partial charge >= 0.3 is 0 Å². The monoisotopic (exact) mass is 375 g/mol. The third kappa shape index (κ3) is 3.49. The number of hydrogen-bond donors (Lipinski definition) is 0. The molecule has 1 aromatic heterocycles. The summed E-state index contributed by atoms with van der Waals surface area (Å²) in [7, 11) is 0. The van der Waals surface area contributed by atoms with Gasteiger partial charge in [0.25, 0.3) is 0 Å². The van der Waals surface area contributed by atoms with Crippen molar-refractivity contribution in [2.45, 2.75) is 32.6 Å². The summed E-state index contributed by atoms with van der Waals surface area (Å²) in [6.45, 7) is 2.29. The molecule has 0 N–H and O–H groups in total. The number of hydrogen-bond acceptors (Lipinski definition) is 1. The summed E-state index contributed by atoms with van der Waals surface area (Å²) in [5.74, 6) is 0. The normalized spacial score (nSPS) is 15.0. The van der Waals surface area contributed by atoms with Crippen LogP contribution in [0, 0.1) is 0 Å². The Morgan fingerprint density at radius 3 is 2.38 bits per heavy atom. The summed E-state index contributed by atoms with van der Waals surface area (Å²) in [5, 5.41) is 0.